The summed E-state index contributed by atoms with van der Waals surface area (Å²) in [5.74, 6) is 0.144. The lowest BCUT2D eigenvalue weighted by molar-refractivity contribution is 0.628. The van der Waals surface area contributed by atoms with Crippen LogP contribution in [0.15, 0.2) is 59.6 Å². The van der Waals surface area contributed by atoms with Crippen LogP contribution in [-0.4, -0.2) is 5.84 Å². The highest BCUT2D eigenvalue weighted by atomic mass is 79.9. The van der Waals surface area contributed by atoms with Crippen molar-refractivity contribution >= 4 is 67.9 Å². The lowest BCUT2D eigenvalue weighted by Gasteiger charge is -2.31. The molecule has 0 amide bonds. The Bertz CT molecular complexity index is 1100. The minimum atomic E-state index is -0.485. The SMILES string of the molecule is Fc1cc(N2Cc3ccc(Cl)cc3N=C2c2cccc(CBr)c2Cl)ccc1Cl. The fourth-order valence-electron chi connectivity index (χ4n) is 3.12. The van der Waals surface area contributed by atoms with Crippen molar-refractivity contribution in [3.05, 3.63) is 92.2 Å². The smallest absolute Gasteiger partial charge is 0.143 e. The van der Waals surface area contributed by atoms with E-state index in [1.165, 1.54) is 12.1 Å². The lowest BCUT2D eigenvalue weighted by atomic mass is 10.0. The third-order valence-corrected chi connectivity index (χ3v) is 6.13. The number of anilines is 1. The van der Waals surface area contributed by atoms with Gasteiger partial charge in [0, 0.05) is 21.6 Å². The maximum absolute atomic E-state index is 14.2. The van der Waals surface area contributed by atoms with Crippen molar-refractivity contribution in [3.63, 3.8) is 0 Å². The Kier molecular flexibility index (Phi) is 5.66. The van der Waals surface area contributed by atoms with Crippen molar-refractivity contribution in [2.24, 2.45) is 4.99 Å². The highest BCUT2D eigenvalue weighted by molar-refractivity contribution is 9.08. The number of nitrogens with zero attached hydrogens (tertiary/aromatic N) is 2. The summed E-state index contributed by atoms with van der Waals surface area (Å²) in [4.78, 5) is 6.75. The van der Waals surface area contributed by atoms with Crippen LogP contribution in [0.2, 0.25) is 15.1 Å². The summed E-state index contributed by atoms with van der Waals surface area (Å²) in [6.45, 7) is 0.501. The Hall–Kier alpha value is -1.59. The molecule has 0 N–H and O–H groups in total. The number of benzene rings is 3. The van der Waals surface area contributed by atoms with Gasteiger partial charge in [-0.05, 0) is 47.5 Å². The van der Waals surface area contributed by atoms with Gasteiger partial charge >= 0.3 is 0 Å². The van der Waals surface area contributed by atoms with Crippen LogP contribution >= 0.6 is 50.7 Å². The molecule has 2 nitrogen and oxygen atoms in total. The number of hydrogen-bond donors (Lipinski definition) is 0. The second kappa shape index (κ2) is 8.03. The zero-order valence-corrected chi connectivity index (χ0v) is 18.2. The van der Waals surface area contributed by atoms with E-state index in [9.17, 15) is 4.39 Å². The van der Waals surface area contributed by atoms with Gasteiger partial charge in [-0.1, -0.05) is 68.9 Å². The number of alkyl halides is 1. The van der Waals surface area contributed by atoms with Crippen LogP contribution in [0.5, 0.6) is 0 Å². The highest BCUT2D eigenvalue weighted by Crippen LogP contribution is 2.36. The predicted molar refractivity (Wildman–Crippen MR) is 119 cm³/mol. The van der Waals surface area contributed by atoms with Crippen molar-refractivity contribution in [3.8, 4) is 0 Å². The molecule has 0 fully saturated rings. The Balaban J connectivity index is 1.92. The monoisotopic (exact) mass is 496 g/mol. The first-order valence-electron chi connectivity index (χ1n) is 8.41. The molecule has 1 heterocycles. The van der Waals surface area contributed by atoms with E-state index in [4.69, 9.17) is 39.8 Å². The fraction of sp³-hybridized carbons (Fsp3) is 0.0952. The maximum Gasteiger partial charge on any atom is 0.143 e. The van der Waals surface area contributed by atoms with Crippen LogP contribution in [0.1, 0.15) is 16.7 Å². The molecular formula is C21H13BrCl3FN2. The average molecular weight is 499 g/mol. The van der Waals surface area contributed by atoms with E-state index in [0.717, 1.165) is 22.4 Å². The summed E-state index contributed by atoms with van der Waals surface area (Å²) in [6, 6.07) is 16.0. The number of halogens is 5. The van der Waals surface area contributed by atoms with E-state index >= 15 is 0 Å². The van der Waals surface area contributed by atoms with Gasteiger partial charge in [0.15, 0.2) is 0 Å². The molecule has 0 bridgehead atoms. The molecular weight excluding hydrogens is 486 g/mol. The zero-order chi connectivity index (χ0) is 19.8. The molecule has 0 spiro atoms. The van der Waals surface area contributed by atoms with Gasteiger partial charge in [0.1, 0.15) is 11.7 Å². The Morgan fingerprint density at radius 3 is 2.61 bits per heavy atom. The quantitative estimate of drug-likeness (QED) is 0.337. The van der Waals surface area contributed by atoms with E-state index < -0.39 is 5.82 Å². The number of aliphatic imine (C=N–C) groups is 1. The van der Waals surface area contributed by atoms with E-state index in [1.807, 2.05) is 41.3 Å². The van der Waals surface area contributed by atoms with Crippen molar-refractivity contribution in [1.82, 2.24) is 0 Å². The summed E-state index contributed by atoms with van der Waals surface area (Å²) in [5.41, 5.74) is 4.10. The summed E-state index contributed by atoms with van der Waals surface area (Å²) in [5, 5.41) is 1.90. The molecule has 28 heavy (non-hydrogen) atoms. The first kappa shape index (κ1) is 19.7. The van der Waals surface area contributed by atoms with E-state index in [1.54, 1.807) is 6.07 Å². The van der Waals surface area contributed by atoms with E-state index in [-0.39, 0.29) is 5.02 Å². The van der Waals surface area contributed by atoms with Gasteiger partial charge in [-0.3, -0.25) is 0 Å². The molecule has 7 heteroatoms. The van der Waals surface area contributed by atoms with Crippen LogP contribution in [0.3, 0.4) is 0 Å². The van der Waals surface area contributed by atoms with Crippen molar-refractivity contribution in [2.75, 3.05) is 4.90 Å². The molecule has 4 rings (SSSR count). The van der Waals surface area contributed by atoms with Crippen LogP contribution in [0.4, 0.5) is 15.8 Å². The number of fused-ring (bicyclic) bond motifs is 1. The second-order valence-electron chi connectivity index (χ2n) is 6.31. The third-order valence-electron chi connectivity index (χ3n) is 4.54. The third kappa shape index (κ3) is 3.67. The molecule has 0 radical (unpaired) electrons. The Morgan fingerprint density at radius 2 is 1.86 bits per heavy atom. The molecule has 0 aliphatic carbocycles. The van der Waals surface area contributed by atoms with Crippen LogP contribution in [-0.2, 0) is 11.9 Å². The number of amidine groups is 1. The first-order valence-corrected chi connectivity index (χ1v) is 10.7. The predicted octanol–water partition coefficient (Wildman–Crippen LogP) is 7.78. The minimum Gasteiger partial charge on any atom is -0.321 e. The fourth-order valence-corrected chi connectivity index (χ4v) is 4.31. The number of rotatable bonds is 3. The van der Waals surface area contributed by atoms with Crippen LogP contribution in [0.25, 0.3) is 0 Å². The molecule has 1 aliphatic rings. The van der Waals surface area contributed by atoms with Crippen molar-refractivity contribution in [2.45, 2.75) is 11.9 Å². The number of hydrogen-bond acceptors (Lipinski definition) is 2. The van der Waals surface area contributed by atoms with Gasteiger partial charge in [-0.25, -0.2) is 9.38 Å². The molecule has 0 saturated heterocycles. The van der Waals surface area contributed by atoms with Gasteiger partial charge < -0.3 is 4.90 Å². The van der Waals surface area contributed by atoms with Gasteiger partial charge in [0.2, 0.25) is 0 Å². The van der Waals surface area contributed by atoms with Gasteiger partial charge in [-0.2, -0.15) is 0 Å². The lowest BCUT2D eigenvalue weighted by Crippen LogP contribution is -2.34. The normalized spacial score (nSPS) is 13.3. The molecule has 142 valence electrons. The molecule has 0 unspecified atom stereocenters. The standard InChI is InChI=1S/C21H13BrCl3FN2/c22-10-12-2-1-3-16(20(12)25)21-27-19-8-14(23)5-4-13(19)11-28(21)15-6-7-17(24)18(26)9-15/h1-9H,10-11H2. The molecule has 0 atom stereocenters. The minimum absolute atomic E-state index is 0.0748. The molecule has 0 aromatic heterocycles. The van der Waals surface area contributed by atoms with Crippen molar-refractivity contribution in [1.29, 1.82) is 0 Å². The van der Waals surface area contributed by atoms with Crippen molar-refractivity contribution < 1.29 is 4.39 Å². The van der Waals surface area contributed by atoms with E-state index in [2.05, 4.69) is 15.9 Å². The largest absolute Gasteiger partial charge is 0.321 e. The molecule has 3 aromatic rings. The maximum atomic E-state index is 14.2. The molecule has 3 aromatic carbocycles. The highest BCUT2D eigenvalue weighted by Gasteiger charge is 2.25. The van der Waals surface area contributed by atoms with Gasteiger partial charge in [0.05, 0.1) is 22.3 Å². The first-order chi connectivity index (χ1) is 13.5. The van der Waals surface area contributed by atoms with Crippen LogP contribution in [0, 0.1) is 5.82 Å². The van der Waals surface area contributed by atoms with Gasteiger partial charge in [0.25, 0.3) is 0 Å². The summed E-state index contributed by atoms with van der Waals surface area (Å²) < 4.78 is 14.2. The summed E-state index contributed by atoms with van der Waals surface area (Å²) in [7, 11) is 0. The Labute approximate surface area is 185 Å². The Morgan fingerprint density at radius 1 is 1.04 bits per heavy atom. The van der Waals surface area contributed by atoms with E-state index in [0.29, 0.717) is 33.4 Å². The van der Waals surface area contributed by atoms with Crippen LogP contribution < -0.4 is 4.90 Å². The summed E-state index contributed by atoms with van der Waals surface area (Å²) in [6.07, 6.45) is 0. The molecule has 1 aliphatic heterocycles. The zero-order valence-electron chi connectivity index (χ0n) is 14.4. The second-order valence-corrected chi connectivity index (χ2v) is 8.09. The van der Waals surface area contributed by atoms with Gasteiger partial charge in [-0.15, -0.1) is 0 Å². The summed E-state index contributed by atoms with van der Waals surface area (Å²) >= 11 is 22.1. The average Bonchev–Trinajstić information content (AvgIpc) is 2.69. The topological polar surface area (TPSA) is 15.6 Å². The molecule has 0 saturated carbocycles.